The van der Waals surface area contributed by atoms with Crippen LogP contribution in [-0.2, 0) is 18.4 Å². The number of hydrogen-bond donors (Lipinski definition) is 1. The monoisotopic (exact) mass is 329 g/mol. The molecule has 24 heavy (non-hydrogen) atoms. The number of imidazole rings is 1. The van der Waals surface area contributed by atoms with Crippen molar-refractivity contribution >= 4 is 11.6 Å². The molecule has 1 aromatic heterocycles. The van der Waals surface area contributed by atoms with Gasteiger partial charge in [0.25, 0.3) is 0 Å². The molecule has 0 aliphatic carbocycles. The van der Waals surface area contributed by atoms with E-state index in [0.29, 0.717) is 6.61 Å². The smallest absolute Gasteiger partial charge is 0.230 e. The standard InChI is InChI=1S/C19H27N3O2/c1-5-11-19(3,6-2)18(23)21-15-7-9-16(10-8-15)24-14-17-20-12-13-22(17)4/h7-10,12-13H,5-6,11,14H2,1-4H3,(H,21,23). The van der Waals surface area contributed by atoms with Crippen LogP contribution in [0.3, 0.4) is 0 Å². The van der Waals surface area contributed by atoms with Crippen molar-refractivity contribution in [2.45, 2.75) is 46.6 Å². The Morgan fingerprint density at radius 3 is 2.54 bits per heavy atom. The number of carbonyl (C=O) groups is 1. The lowest BCUT2D eigenvalue weighted by atomic mass is 9.82. The molecule has 0 fully saturated rings. The summed E-state index contributed by atoms with van der Waals surface area (Å²) < 4.78 is 7.65. The average molecular weight is 329 g/mol. The molecule has 1 heterocycles. The van der Waals surface area contributed by atoms with E-state index in [9.17, 15) is 4.79 Å². The summed E-state index contributed by atoms with van der Waals surface area (Å²) in [5.74, 6) is 1.70. The molecule has 0 bridgehead atoms. The summed E-state index contributed by atoms with van der Waals surface area (Å²) in [7, 11) is 1.94. The zero-order chi connectivity index (χ0) is 17.6. The van der Waals surface area contributed by atoms with Gasteiger partial charge in [0, 0.05) is 30.5 Å². The lowest BCUT2D eigenvalue weighted by Gasteiger charge is -2.26. The summed E-state index contributed by atoms with van der Waals surface area (Å²) in [6.07, 6.45) is 6.35. The summed E-state index contributed by atoms with van der Waals surface area (Å²) in [6.45, 7) is 6.61. The van der Waals surface area contributed by atoms with Gasteiger partial charge in [-0.05, 0) is 37.1 Å². The van der Waals surface area contributed by atoms with Crippen molar-refractivity contribution in [3.05, 3.63) is 42.5 Å². The predicted molar refractivity (Wildman–Crippen MR) is 95.9 cm³/mol. The molecule has 0 aliphatic heterocycles. The first kappa shape index (κ1) is 18.0. The van der Waals surface area contributed by atoms with Gasteiger partial charge in [0.2, 0.25) is 5.91 Å². The number of carbonyl (C=O) groups excluding carboxylic acids is 1. The molecule has 0 aliphatic rings. The number of aromatic nitrogens is 2. The normalized spacial score (nSPS) is 13.3. The van der Waals surface area contributed by atoms with Gasteiger partial charge < -0.3 is 14.6 Å². The van der Waals surface area contributed by atoms with Gasteiger partial charge >= 0.3 is 0 Å². The third-order valence-electron chi connectivity index (χ3n) is 4.53. The van der Waals surface area contributed by atoms with Gasteiger partial charge in [-0.1, -0.05) is 27.2 Å². The molecule has 0 radical (unpaired) electrons. The van der Waals surface area contributed by atoms with Crippen molar-refractivity contribution in [3.8, 4) is 5.75 Å². The minimum Gasteiger partial charge on any atom is -0.486 e. The predicted octanol–water partition coefficient (Wildman–Crippen LogP) is 4.15. The number of benzene rings is 1. The van der Waals surface area contributed by atoms with Crippen LogP contribution >= 0.6 is 0 Å². The molecule has 5 nitrogen and oxygen atoms in total. The molecule has 1 aromatic carbocycles. The second kappa shape index (κ2) is 7.99. The van der Waals surface area contributed by atoms with Crippen LogP contribution in [0.5, 0.6) is 5.75 Å². The molecular formula is C19H27N3O2. The Morgan fingerprint density at radius 2 is 2.00 bits per heavy atom. The van der Waals surface area contributed by atoms with E-state index in [1.807, 2.05) is 49.0 Å². The van der Waals surface area contributed by atoms with Crippen molar-refractivity contribution in [1.29, 1.82) is 0 Å². The number of anilines is 1. The molecule has 1 N–H and O–H groups in total. The Balaban J connectivity index is 1.94. The number of aryl methyl sites for hydroxylation is 1. The SMILES string of the molecule is CCCC(C)(CC)C(=O)Nc1ccc(OCc2nccn2C)cc1. The Hall–Kier alpha value is -2.30. The second-order valence-corrected chi connectivity index (χ2v) is 6.39. The summed E-state index contributed by atoms with van der Waals surface area (Å²) in [6, 6.07) is 7.46. The zero-order valence-electron chi connectivity index (χ0n) is 15.0. The van der Waals surface area contributed by atoms with Crippen LogP contribution in [0.2, 0.25) is 0 Å². The Morgan fingerprint density at radius 1 is 1.29 bits per heavy atom. The van der Waals surface area contributed by atoms with Gasteiger partial charge in [0.15, 0.2) is 0 Å². The highest BCUT2D eigenvalue weighted by Gasteiger charge is 2.30. The molecule has 1 unspecified atom stereocenters. The first-order valence-corrected chi connectivity index (χ1v) is 8.49. The van der Waals surface area contributed by atoms with Crippen molar-refractivity contribution in [2.75, 3.05) is 5.32 Å². The Labute approximate surface area is 144 Å². The van der Waals surface area contributed by atoms with E-state index in [2.05, 4.69) is 24.1 Å². The highest BCUT2D eigenvalue weighted by molar-refractivity contribution is 5.95. The van der Waals surface area contributed by atoms with Crippen molar-refractivity contribution in [1.82, 2.24) is 9.55 Å². The maximum atomic E-state index is 12.5. The first-order valence-electron chi connectivity index (χ1n) is 8.49. The highest BCUT2D eigenvalue weighted by atomic mass is 16.5. The van der Waals surface area contributed by atoms with Gasteiger partial charge in [0.05, 0.1) is 0 Å². The maximum Gasteiger partial charge on any atom is 0.230 e. The number of ether oxygens (including phenoxy) is 1. The van der Waals surface area contributed by atoms with Crippen molar-refractivity contribution < 1.29 is 9.53 Å². The van der Waals surface area contributed by atoms with Crippen LogP contribution in [0.4, 0.5) is 5.69 Å². The first-order chi connectivity index (χ1) is 11.5. The third-order valence-corrected chi connectivity index (χ3v) is 4.53. The highest BCUT2D eigenvalue weighted by Crippen LogP contribution is 2.29. The molecule has 0 saturated heterocycles. The maximum absolute atomic E-state index is 12.5. The average Bonchev–Trinajstić information content (AvgIpc) is 2.99. The molecule has 130 valence electrons. The van der Waals surface area contributed by atoms with Gasteiger partial charge in [-0.2, -0.15) is 0 Å². The minimum absolute atomic E-state index is 0.0773. The number of amides is 1. The number of hydrogen-bond acceptors (Lipinski definition) is 3. The van der Waals surface area contributed by atoms with E-state index in [1.54, 1.807) is 6.20 Å². The summed E-state index contributed by atoms with van der Waals surface area (Å²) >= 11 is 0. The minimum atomic E-state index is -0.317. The zero-order valence-corrected chi connectivity index (χ0v) is 15.0. The van der Waals surface area contributed by atoms with Gasteiger partial charge in [0.1, 0.15) is 18.2 Å². The van der Waals surface area contributed by atoms with E-state index in [-0.39, 0.29) is 11.3 Å². The summed E-state index contributed by atoms with van der Waals surface area (Å²) in [5.41, 5.74) is 0.474. The van der Waals surface area contributed by atoms with Crippen molar-refractivity contribution in [3.63, 3.8) is 0 Å². The lowest BCUT2D eigenvalue weighted by Crippen LogP contribution is -2.32. The fraction of sp³-hybridized carbons (Fsp3) is 0.474. The van der Waals surface area contributed by atoms with Gasteiger partial charge in [-0.15, -0.1) is 0 Å². The topological polar surface area (TPSA) is 56.1 Å². The molecule has 0 saturated carbocycles. The molecule has 2 rings (SSSR count). The summed E-state index contributed by atoms with van der Waals surface area (Å²) in [5, 5.41) is 3.01. The molecule has 5 heteroatoms. The van der Waals surface area contributed by atoms with Crippen LogP contribution in [-0.4, -0.2) is 15.5 Å². The largest absolute Gasteiger partial charge is 0.486 e. The molecule has 1 amide bonds. The van der Waals surface area contributed by atoms with E-state index in [0.717, 1.165) is 36.5 Å². The van der Waals surface area contributed by atoms with Gasteiger partial charge in [-0.3, -0.25) is 4.79 Å². The van der Waals surface area contributed by atoms with Crippen molar-refractivity contribution in [2.24, 2.45) is 12.5 Å². The fourth-order valence-electron chi connectivity index (χ4n) is 2.60. The van der Waals surface area contributed by atoms with E-state index in [1.165, 1.54) is 0 Å². The Kier molecular flexibility index (Phi) is 6.01. The molecule has 2 aromatic rings. The Bertz CT molecular complexity index is 664. The van der Waals surface area contributed by atoms with Crippen LogP contribution in [0, 0.1) is 5.41 Å². The lowest BCUT2D eigenvalue weighted by molar-refractivity contribution is -0.125. The number of nitrogens with one attached hydrogen (secondary N) is 1. The van der Waals surface area contributed by atoms with Crippen LogP contribution < -0.4 is 10.1 Å². The van der Waals surface area contributed by atoms with Gasteiger partial charge in [-0.25, -0.2) is 4.98 Å². The summed E-state index contributed by atoms with van der Waals surface area (Å²) in [4.78, 5) is 16.7. The van der Waals surface area contributed by atoms with Crippen LogP contribution in [0.1, 0.15) is 45.9 Å². The van der Waals surface area contributed by atoms with E-state index < -0.39 is 0 Å². The third kappa shape index (κ3) is 4.37. The number of rotatable bonds is 8. The quantitative estimate of drug-likeness (QED) is 0.791. The number of nitrogens with zero attached hydrogens (tertiary/aromatic N) is 2. The van der Waals surface area contributed by atoms with Crippen LogP contribution in [0.25, 0.3) is 0 Å². The second-order valence-electron chi connectivity index (χ2n) is 6.39. The van der Waals surface area contributed by atoms with E-state index >= 15 is 0 Å². The van der Waals surface area contributed by atoms with Crippen LogP contribution in [0.15, 0.2) is 36.7 Å². The fourth-order valence-corrected chi connectivity index (χ4v) is 2.60. The molecule has 1 atom stereocenters. The molecular weight excluding hydrogens is 302 g/mol. The molecule has 0 spiro atoms. The van der Waals surface area contributed by atoms with E-state index in [4.69, 9.17) is 4.74 Å².